The van der Waals surface area contributed by atoms with Crippen molar-refractivity contribution in [2.45, 2.75) is 37.8 Å². The summed E-state index contributed by atoms with van der Waals surface area (Å²) in [5.74, 6) is 1.09. The van der Waals surface area contributed by atoms with Gasteiger partial charge in [-0.3, -0.25) is 5.10 Å². The summed E-state index contributed by atoms with van der Waals surface area (Å²) in [7, 11) is 0. The first-order chi connectivity index (χ1) is 13.8. The van der Waals surface area contributed by atoms with E-state index in [9.17, 15) is 5.11 Å². The average Bonchev–Trinajstić information content (AvgIpc) is 3.37. The number of nitrogens with one attached hydrogen (secondary N) is 2. The summed E-state index contributed by atoms with van der Waals surface area (Å²) in [5, 5.41) is 29.7. The van der Waals surface area contributed by atoms with E-state index in [1.807, 2.05) is 24.3 Å². The van der Waals surface area contributed by atoms with Crippen molar-refractivity contribution in [2.75, 3.05) is 18.0 Å². The first-order valence-electron chi connectivity index (χ1n) is 9.93. The highest BCUT2D eigenvalue weighted by molar-refractivity contribution is 5.73. The van der Waals surface area contributed by atoms with Crippen LogP contribution >= 0.6 is 0 Å². The molecule has 1 aromatic carbocycles. The van der Waals surface area contributed by atoms with E-state index in [1.54, 1.807) is 18.5 Å². The van der Waals surface area contributed by atoms with Crippen molar-refractivity contribution in [3.63, 3.8) is 0 Å². The Labute approximate surface area is 163 Å². The molecule has 3 heterocycles. The SMILES string of the molecule is Oc1cc(-c2cn[nH]c2)ccc1-c1ccc(N2CC[C@H](NC3CCC3)C2)nn1. The Morgan fingerprint density at radius 1 is 1.04 bits per heavy atom. The zero-order valence-electron chi connectivity index (χ0n) is 15.7. The number of anilines is 1. The van der Waals surface area contributed by atoms with E-state index in [2.05, 4.69) is 30.6 Å². The van der Waals surface area contributed by atoms with Gasteiger partial charge in [-0.25, -0.2) is 0 Å². The van der Waals surface area contributed by atoms with E-state index in [0.29, 0.717) is 23.3 Å². The van der Waals surface area contributed by atoms with Crippen LogP contribution < -0.4 is 10.2 Å². The van der Waals surface area contributed by atoms with Crippen LogP contribution in [0.1, 0.15) is 25.7 Å². The number of hydrogen-bond donors (Lipinski definition) is 3. The molecule has 0 amide bonds. The number of phenols is 1. The molecule has 1 aliphatic carbocycles. The van der Waals surface area contributed by atoms with Gasteiger partial charge in [-0.15, -0.1) is 10.2 Å². The Kier molecular flexibility index (Phi) is 4.44. The smallest absolute Gasteiger partial charge is 0.151 e. The van der Waals surface area contributed by atoms with Crippen LogP contribution in [0.4, 0.5) is 5.82 Å². The van der Waals surface area contributed by atoms with E-state index in [1.165, 1.54) is 19.3 Å². The van der Waals surface area contributed by atoms with E-state index in [4.69, 9.17) is 0 Å². The van der Waals surface area contributed by atoms with Gasteiger partial charge in [-0.05, 0) is 49.1 Å². The molecule has 1 saturated carbocycles. The standard InChI is InChI=1S/C21H24N6O/c28-20-10-14(15-11-22-23-12-15)4-5-18(20)19-6-7-21(26-25-19)27-9-8-17(13-27)24-16-2-1-3-16/h4-7,10-12,16-17,24,28H,1-3,8-9,13H2,(H,22,23)/t17-/m0/s1. The van der Waals surface area contributed by atoms with Gasteiger partial charge in [-0.2, -0.15) is 5.10 Å². The van der Waals surface area contributed by atoms with Crippen LogP contribution in [0.2, 0.25) is 0 Å². The van der Waals surface area contributed by atoms with Gasteiger partial charge in [0.1, 0.15) is 5.75 Å². The summed E-state index contributed by atoms with van der Waals surface area (Å²) < 4.78 is 0. The summed E-state index contributed by atoms with van der Waals surface area (Å²) in [6, 6.07) is 10.7. The Hall–Kier alpha value is -2.93. The maximum absolute atomic E-state index is 10.5. The predicted molar refractivity (Wildman–Crippen MR) is 108 cm³/mol. The highest BCUT2D eigenvalue weighted by Crippen LogP contribution is 2.32. The molecule has 144 valence electrons. The minimum atomic E-state index is 0.187. The van der Waals surface area contributed by atoms with Crippen molar-refractivity contribution in [3.05, 3.63) is 42.7 Å². The van der Waals surface area contributed by atoms with E-state index < -0.39 is 0 Å². The number of aromatic nitrogens is 4. The van der Waals surface area contributed by atoms with Gasteiger partial charge in [0, 0.05) is 42.5 Å². The van der Waals surface area contributed by atoms with Crippen LogP contribution in [-0.2, 0) is 0 Å². The molecule has 0 spiro atoms. The quantitative estimate of drug-likeness (QED) is 0.634. The van der Waals surface area contributed by atoms with Crippen LogP contribution in [0.15, 0.2) is 42.7 Å². The van der Waals surface area contributed by atoms with Gasteiger partial charge in [0.05, 0.1) is 11.9 Å². The average molecular weight is 376 g/mol. The second-order valence-corrected chi connectivity index (χ2v) is 7.72. The molecule has 3 aromatic rings. The monoisotopic (exact) mass is 376 g/mol. The number of phenolic OH excluding ortho intramolecular Hbond substituents is 1. The lowest BCUT2D eigenvalue weighted by molar-refractivity contribution is 0.311. The molecule has 1 atom stereocenters. The number of H-pyrrole nitrogens is 1. The van der Waals surface area contributed by atoms with E-state index in [0.717, 1.165) is 36.5 Å². The molecule has 1 aliphatic heterocycles. The van der Waals surface area contributed by atoms with Crippen molar-refractivity contribution in [2.24, 2.45) is 0 Å². The third kappa shape index (κ3) is 3.33. The Bertz CT molecular complexity index is 936. The lowest BCUT2D eigenvalue weighted by Gasteiger charge is -2.29. The number of hydrogen-bond acceptors (Lipinski definition) is 6. The highest BCUT2D eigenvalue weighted by atomic mass is 16.3. The molecule has 7 heteroatoms. The topological polar surface area (TPSA) is 90.0 Å². The third-order valence-electron chi connectivity index (χ3n) is 5.84. The van der Waals surface area contributed by atoms with Crippen molar-refractivity contribution in [1.82, 2.24) is 25.7 Å². The Morgan fingerprint density at radius 2 is 1.96 bits per heavy atom. The zero-order chi connectivity index (χ0) is 18.9. The summed E-state index contributed by atoms with van der Waals surface area (Å²) in [4.78, 5) is 2.29. The lowest BCUT2D eigenvalue weighted by atomic mass is 9.92. The lowest BCUT2D eigenvalue weighted by Crippen LogP contribution is -2.43. The van der Waals surface area contributed by atoms with Crippen LogP contribution in [0.25, 0.3) is 22.4 Å². The first kappa shape index (κ1) is 17.2. The number of nitrogens with zero attached hydrogens (tertiary/aromatic N) is 4. The maximum atomic E-state index is 10.5. The molecule has 0 unspecified atom stereocenters. The molecule has 0 radical (unpaired) electrons. The van der Waals surface area contributed by atoms with Gasteiger partial charge in [0.15, 0.2) is 5.82 Å². The van der Waals surface area contributed by atoms with Crippen LogP contribution in [0.5, 0.6) is 5.75 Å². The third-order valence-corrected chi connectivity index (χ3v) is 5.84. The highest BCUT2D eigenvalue weighted by Gasteiger charge is 2.27. The predicted octanol–water partition coefficient (Wildman–Crippen LogP) is 2.96. The fraction of sp³-hybridized carbons (Fsp3) is 0.381. The molecule has 1 saturated heterocycles. The van der Waals surface area contributed by atoms with Crippen molar-refractivity contribution in [3.8, 4) is 28.1 Å². The van der Waals surface area contributed by atoms with Crippen molar-refractivity contribution in [1.29, 1.82) is 0 Å². The summed E-state index contributed by atoms with van der Waals surface area (Å²) >= 11 is 0. The summed E-state index contributed by atoms with van der Waals surface area (Å²) in [6.45, 7) is 1.98. The molecular formula is C21H24N6O. The molecule has 5 rings (SSSR count). The minimum Gasteiger partial charge on any atom is -0.507 e. The van der Waals surface area contributed by atoms with Gasteiger partial charge in [-0.1, -0.05) is 12.5 Å². The van der Waals surface area contributed by atoms with Gasteiger partial charge in [0.25, 0.3) is 0 Å². The molecule has 2 aliphatic rings. The molecular weight excluding hydrogens is 352 g/mol. The van der Waals surface area contributed by atoms with Crippen LogP contribution in [0.3, 0.4) is 0 Å². The zero-order valence-corrected chi connectivity index (χ0v) is 15.7. The normalized spacial score (nSPS) is 19.7. The molecule has 0 bridgehead atoms. The Balaban J connectivity index is 1.29. The van der Waals surface area contributed by atoms with Gasteiger partial charge in [0.2, 0.25) is 0 Å². The molecule has 3 N–H and O–H groups in total. The number of aromatic hydroxyl groups is 1. The first-order valence-corrected chi connectivity index (χ1v) is 9.93. The molecule has 28 heavy (non-hydrogen) atoms. The second-order valence-electron chi connectivity index (χ2n) is 7.72. The number of rotatable bonds is 5. The van der Waals surface area contributed by atoms with Gasteiger partial charge < -0.3 is 15.3 Å². The fourth-order valence-electron chi connectivity index (χ4n) is 3.99. The van der Waals surface area contributed by atoms with Crippen molar-refractivity contribution < 1.29 is 5.11 Å². The van der Waals surface area contributed by atoms with E-state index in [-0.39, 0.29) is 5.75 Å². The second kappa shape index (κ2) is 7.24. The fourth-order valence-corrected chi connectivity index (χ4v) is 3.99. The van der Waals surface area contributed by atoms with E-state index >= 15 is 0 Å². The molecule has 7 nitrogen and oxygen atoms in total. The largest absolute Gasteiger partial charge is 0.507 e. The number of benzene rings is 1. The van der Waals surface area contributed by atoms with Crippen LogP contribution in [-0.4, -0.2) is 50.7 Å². The maximum Gasteiger partial charge on any atom is 0.151 e. The van der Waals surface area contributed by atoms with Gasteiger partial charge >= 0.3 is 0 Å². The van der Waals surface area contributed by atoms with Crippen LogP contribution in [0, 0.1) is 0 Å². The Morgan fingerprint density at radius 3 is 2.64 bits per heavy atom. The minimum absolute atomic E-state index is 0.187. The van der Waals surface area contributed by atoms with Crippen molar-refractivity contribution >= 4 is 5.82 Å². The molecule has 2 aromatic heterocycles. The molecule has 2 fully saturated rings. The summed E-state index contributed by atoms with van der Waals surface area (Å²) in [5.41, 5.74) is 3.18. The summed E-state index contributed by atoms with van der Waals surface area (Å²) in [6.07, 6.45) is 8.66. The number of aromatic amines is 1.